The lowest BCUT2D eigenvalue weighted by Gasteiger charge is -2.41. The molecule has 3 rings (SSSR count). The Hall–Kier alpha value is -2.49. The maximum absolute atomic E-state index is 12.5. The molecule has 0 aromatic heterocycles. The molecule has 0 saturated heterocycles. The van der Waals surface area contributed by atoms with Crippen LogP contribution in [0.2, 0.25) is 0 Å². The monoisotopic (exact) mass is 353 g/mol. The molecule has 1 aliphatic rings. The van der Waals surface area contributed by atoms with E-state index in [4.69, 9.17) is 9.47 Å². The van der Waals surface area contributed by atoms with Crippen LogP contribution in [0.3, 0.4) is 0 Å². The van der Waals surface area contributed by atoms with Gasteiger partial charge in [-0.3, -0.25) is 4.79 Å². The van der Waals surface area contributed by atoms with Crippen molar-refractivity contribution in [1.82, 2.24) is 5.32 Å². The number of benzene rings is 2. The van der Waals surface area contributed by atoms with Gasteiger partial charge in [-0.25, -0.2) is 0 Å². The molecule has 1 atom stereocenters. The topological polar surface area (TPSA) is 47.6 Å². The summed E-state index contributed by atoms with van der Waals surface area (Å²) in [5.74, 6) is 1.50. The molecule has 0 spiro atoms. The van der Waals surface area contributed by atoms with E-state index in [1.807, 2.05) is 55.5 Å². The smallest absolute Gasteiger partial charge is 0.258 e. The fourth-order valence-electron chi connectivity index (χ4n) is 3.53. The minimum Gasteiger partial charge on any atom is -0.487 e. The molecule has 0 fully saturated rings. The summed E-state index contributed by atoms with van der Waals surface area (Å²) in [6, 6.07) is 15.6. The summed E-state index contributed by atoms with van der Waals surface area (Å²) in [5, 5.41) is 3.14. The molecule has 0 unspecified atom stereocenters. The molecular weight excluding hydrogens is 326 g/mol. The average molecular weight is 353 g/mol. The Morgan fingerprint density at radius 3 is 2.58 bits per heavy atom. The van der Waals surface area contributed by atoms with E-state index < -0.39 is 0 Å². The zero-order valence-corrected chi connectivity index (χ0v) is 15.7. The van der Waals surface area contributed by atoms with Crippen molar-refractivity contribution in [1.29, 1.82) is 0 Å². The molecule has 1 aliphatic heterocycles. The molecule has 4 heteroatoms. The van der Waals surface area contributed by atoms with Crippen LogP contribution in [0.25, 0.3) is 0 Å². The van der Waals surface area contributed by atoms with Crippen LogP contribution in [0.1, 0.15) is 50.3 Å². The van der Waals surface area contributed by atoms with Crippen LogP contribution >= 0.6 is 0 Å². The molecule has 0 radical (unpaired) electrons. The van der Waals surface area contributed by atoms with Crippen LogP contribution in [0.5, 0.6) is 11.5 Å². The number of para-hydroxylation sites is 2. The third-order valence-corrected chi connectivity index (χ3v) is 5.27. The van der Waals surface area contributed by atoms with E-state index in [0.29, 0.717) is 0 Å². The predicted octanol–water partition coefficient (Wildman–Crippen LogP) is 4.57. The summed E-state index contributed by atoms with van der Waals surface area (Å²) < 4.78 is 12.0. The molecule has 1 heterocycles. The van der Waals surface area contributed by atoms with E-state index in [2.05, 4.69) is 19.2 Å². The van der Waals surface area contributed by atoms with Crippen molar-refractivity contribution in [3.05, 3.63) is 59.7 Å². The van der Waals surface area contributed by atoms with Gasteiger partial charge in [-0.15, -0.1) is 0 Å². The molecule has 1 N–H and O–H groups in total. The molecular formula is C22H27NO3. The van der Waals surface area contributed by atoms with Gasteiger partial charge in [0.15, 0.2) is 6.61 Å². The number of hydrogen-bond donors (Lipinski definition) is 1. The third kappa shape index (κ3) is 3.85. The number of hydrogen-bond acceptors (Lipinski definition) is 3. The fraction of sp³-hybridized carbons (Fsp3) is 0.409. The zero-order chi connectivity index (χ0) is 18.6. The van der Waals surface area contributed by atoms with E-state index in [9.17, 15) is 4.79 Å². The van der Waals surface area contributed by atoms with Gasteiger partial charge in [0.1, 0.15) is 17.1 Å². The number of rotatable bonds is 6. The van der Waals surface area contributed by atoms with Crippen LogP contribution < -0.4 is 14.8 Å². The Labute approximate surface area is 155 Å². The minimum atomic E-state index is -0.233. The second-order valence-electron chi connectivity index (χ2n) is 6.91. The standard InChI is InChI=1S/C22H27NO3/c1-4-22(5-2)14-18(17-11-7-9-13-20(17)26-22)23-21(24)15-25-19-12-8-6-10-16(19)3/h6-13,18H,4-5,14-15H2,1-3H3,(H,23,24)/t18-/m0/s1. The molecule has 2 aromatic rings. The zero-order valence-electron chi connectivity index (χ0n) is 15.7. The first-order valence-corrected chi connectivity index (χ1v) is 9.32. The van der Waals surface area contributed by atoms with E-state index >= 15 is 0 Å². The van der Waals surface area contributed by atoms with Crippen LogP contribution in [-0.2, 0) is 4.79 Å². The van der Waals surface area contributed by atoms with Crippen LogP contribution in [0.4, 0.5) is 0 Å². The molecule has 1 amide bonds. The summed E-state index contributed by atoms with van der Waals surface area (Å²) in [4.78, 5) is 12.5. The predicted molar refractivity (Wildman–Crippen MR) is 103 cm³/mol. The molecule has 0 aliphatic carbocycles. The van der Waals surface area contributed by atoms with E-state index in [1.165, 1.54) is 0 Å². The number of ether oxygens (including phenoxy) is 2. The highest BCUT2D eigenvalue weighted by Crippen LogP contribution is 2.42. The number of nitrogens with one attached hydrogen (secondary N) is 1. The van der Waals surface area contributed by atoms with Crippen molar-refractivity contribution in [3.8, 4) is 11.5 Å². The Kier molecular flexibility index (Phi) is 5.50. The summed E-state index contributed by atoms with van der Waals surface area (Å²) in [6.45, 7) is 6.25. The first kappa shape index (κ1) is 18.3. The highest BCUT2D eigenvalue weighted by atomic mass is 16.5. The average Bonchev–Trinajstić information content (AvgIpc) is 2.67. The molecule has 0 bridgehead atoms. The van der Waals surface area contributed by atoms with Crippen LogP contribution in [-0.4, -0.2) is 18.1 Å². The summed E-state index contributed by atoms with van der Waals surface area (Å²) in [6.07, 6.45) is 2.58. The van der Waals surface area contributed by atoms with Crippen molar-refractivity contribution < 1.29 is 14.3 Å². The Morgan fingerprint density at radius 2 is 1.85 bits per heavy atom. The number of carbonyl (C=O) groups excluding carboxylic acids is 1. The van der Waals surface area contributed by atoms with Crippen molar-refractivity contribution >= 4 is 5.91 Å². The van der Waals surface area contributed by atoms with Gasteiger partial charge in [-0.05, 0) is 37.5 Å². The number of aryl methyl sites for hydroxylation is 1. The number of amides is 1. The molecule has 138 valence electrons. The molecule has 4 nitrogen and oxygen atoms in total. The lowest BCUT2D eigenvalue weighted by atomic mass is 9.83. The second-order valence-corrected chi connectivity index (χ2v) is 6.91. The normalized spacial score (nSPS) is 17.7. The van der Waals surface area contributed by atoms with E-state index in [0.717, 1.165) is 41.9 Å². The minimum absolute atomic E-state index is 0.00955. The van der Waals surface area contributed by atoms with Gasteiger partial charge >= 0.3 is 0 Å². The van der Waals surface area contributed by atoms with Gasteiger partial charge < -0.3 is 14.8 Å². The van der Waals surface area contributed by atoms with Gasteiger partial charge in [-0.1, -0.05) is 50.2 Å². The van der Waals surface area contributed by atoms with E-state index in [-0.39, 0.29) is 24.2 Å². The number of fused-ring (bicyclic) bond motifs is 1. The second kappa shape index (κ2) is 7.81. The first-order valence-electron chi connectivity index (χ1n) is 9.32. The number of carbonyl (C=O) groups is 1. The molecule has 26 heavy (non-hydrogen) atoms. The Bertz CT molecular complexity index is 767. The van der Waals surface area contributed by atoms with E-state index in [1.54, 1.807) is 0 Å². The van der Waals surface area contributed by atoms with Crippen molar-refractivity contribution in [2.24, 2.45) is 0 Å². The lowest BCUT2D eigenvalue weighted by molar-refractivity contribution is -0.124. The quantitative estimate of drug-likeness (QED) is 0.827. The van der Waals surface area contributed by atoms with Crippen molar-refractivity contribution in [2.75, 3.05) is 6.61 Å². The maximum atomic E-state index is 12.5. The van der Waals surface area contributed by atoms with Crippen molar-refractivity contribution in [3.63, 3.8) is 0 Å². The summed E-state index contributed by atoms with van der Waals surface area (Å²) in [5.41, 5.74) is 1.82. The molecule has 2 aromatic carbocycles. The Morgan fingerprint density at radius 1 is 1.15 bits per heavy atom. The van der Waals surface area contributed by atoms with Gasteiger partial charge in [0.25, 0.3) is 5.91 Å². The third-order valence-electron chi connectivity index (χ3n) is 5.27. The van der Waals surface area contributed by atoms with Gasteiger partial charge in [0.05, 0.1) is 6.04 Å². The van der Waals surface area contributed by atoms with Gasteiger partial charge in [-0.2, -0.15) is 0 Å². The van der Waals surface area contributed by atoms with Gasteiger partial charge in [0, 0.05) is 12.0 Å². The lowest BCUT2D eigenvalue weighted by Crippen LogP contribution is -2.45. The highest BCUT2D eigenvalue weighted by molar-refractivity contribution is 5.78. The highest BCUT2D eigenvalue weighted by Gasteiger charge is 2.38. The maximum Gasteiger partial charge on any atom is 0.258 e. The van der Waals surface area contributed by atoms with Crippen molar-refractivity contribution in [2.45, 2.75) is 51.7 Å². The van der Waals surface area contributed by atoms with Crippen LogP contribution in [0, 0.1) is 6.92 Å². The fourth-order valence-corrected chi connectivity index (χ4v) is 3.53. The first-order chi connectivity index (χ1) is 12.6. The molecule has 0 saturated carbocycles. The summed E-state index contributed by atoms with van der Waals surface area (Å²) in [7, 11) is 0. The SMILES string of the molecule is CCC1(CC)C[C@H](NC(=O)COc2ccccc2C)c2ccccc2O1. The van der Waals surface area contributed by atoms with Crippen LogP contribution in [0.15, 0.2) is 48.5 Å². The largest absolute Gasteiger partial charge is 0.487 e. The van der Waals surface area contributed by atoms with Gasteiger partial charge in [0.2, 0.25) is 0 Å². The Balaban J connectivity index is 1.71. The summed E-state index contributed by atoms with van der Waals surface area (Å²) >= 11 is 0.